The van der Waals surface area contributed by atoms with Gasteiger partial charge < -0.3 is 10.1 Å². The molecular weight excluding hydrogens is 262 g/mol. The lowest BCUT2D eigenvalue weighted by atomic mass is 10.3. The maximum atomic E-state index is 11.0. The Kier molecular flexibility index (Phi) is 3.55. The van der Waals surface area contributed by atoms with Gasteiger partial charge in [0.15, 0.2) is 5.75 Å². The number of benzene rings is 1. The predicted octanol–water partition coefficient (Wildman–Crippen LogP) is 2.94. The number of hydrogen-bond donors (Lipinski definition) is 1. The third-order valence-electron chi connectivity index (χ3n) is 1.83. The van der Waals surface area contributed by atoms with E-state index in [9.17, 15) is 4.79 Å². The van der Waals surface area contributed by atoms with Crippen LogP contribution in [0.5, 0.6) is 11.6 Å². The van der Waals surface area contributed by atoms with Crippen LogP contribution in [0.15, 0.2) is 24.3 Å². The molecule has 1 aromatic carbocycles. The fraction of sp³-hybridized carbons (Fsp3) is 0.100. The molecular formula is C10H8ClN3O2S. The van der Waals surface area contributed by atoms with E-state index in [1.807, 2.05) is 0 Å². The summed E-state index contributed by atoms with van der Waals surface area (Å²) in [4.78, 5) is 11.0. The third kappa shape index (κ3) is 2.92. The average Bonchev–Trinajstić information content (AvgIpc) is 2.67. The maximum absolute atomic E-state index is 11.0. The van der Waals surface area contributed by atoms with E-state index < -0.39 is 0 Å². The molecule has 0 fully saturated rings. The first-order chi connectivity index (χ1) is 8.16. The number of amides is 1. The van der Waals surface area contributed by atoms with Crippen molar-refractivity contribution in [2.75, 3.05) is 5.32 Å². The predicted molar refractivity (Wildman–Crippen MR) is 65.7 cm³/mol. The lowest BCUT2D eigenvalue weighted by Crippen LogP contribution is -2.06. The van der Waals surface area contributed by atoms with E-state index in [1.165, 1.54) is 6.92 Å². The number of rotatable bonds is 3. The van der Waals surface area contributed by atoms with E-state index in [1.54, 1.807) is 24.3 Å². The zero-order valence-electron chi connectivity index (χ0n) is 8.81. The first-order valence-electron chi connectivity index (χ1n) is 4.69. The molecule has 5 nitrogen and oxygen atoms in total. The molecule has 0 unspecified atom stereocenters. The van der Waals surface area contributed by atoms with Crippen LogP contribution in [0.1, 0.15) is 6.92 Å². The second-order valence-corrected chi connectivity index (χ2v) is 4.03. The van der Waals surface area contributed by atoms with Crippen molar-refractivity contribution >= 4 is 34.9 Å². The Hall–Kier alpha value is -1.66. The number of halogens is 1. The van der Waals surface area contributed by atoms with Crippen LogP contribution in [0.2, 0.25) is 5.15 Å². The molecule has 0 radical (unpaired) electrons. The Morgan fingerprint density at radius 2 is 2.18 bits per heavy atom. The lowest BCUT2D eigenvalue weighted by Gasteiger charge is -2.08. The van der Waals surface area contributed by atoms with Gasteiger partial charge in [-0.25, -0.2) is 0 Å². The van der Waals surface area contributed by atoms with Gasteiger partial charge in [0.2, 0.25) is 11.1 Å². The first kappa shape index (κ1) is 11.8. The molecule has 1 N–H and O–H groups in total. The summed E-state index contributed by atoms with van der Waals surface area (Å²) in [6, 6.07) is 7.01. The number of nitrogens with one attached hydrogen (secondary N) is 1. The van der Waals surface area contributed by atoms with Gasteiger partial charge in [0.25, 0.3) is 5.88 Å². The molecule has 2 rings (SSSR count). The van der Waals surface area contributed by atoms with E-state index in [0.29, 0.717) is 11.4 Å². The minimum absolute atomic E-state index is 0.177. The van der Waals surface area contributed by atoms with Crippen LogP contribution in [-0.4, -0.2) is 14.7 Å². The number of para-hydroxylation sites is 2. The standard InChI is InChI=1S/C10H8ClN3O2S/c1-6(15)12-7-4-2-3-5-8(7)16-10-9(11)13-17-14-10/h2-5H,1H3,(H,12,15). The van der Waals surface area contributed by atoms with Crippen LogP contribution in [0, 0.1) is 0 Å². The molecule has 1 aromatic heterocycles. The third-order valence-corrected chi connectivity index (χ3v) is 2.68. The van der Waals surface area contributed by atoms with E-state index in [0.717, 1.165) is 11.7 Å². The van der Waals surface area contributed by atoms with Gasteiger partial charge in [-0.1, -0.05) is 23.7 Å². The Balaban J connectivity index is 2.26. The monoisotopic (exact) mass is 269 g/mol. The maximum Gasteiger partial charge on any atom is 0.270 e. The van der Waals surface area contributed by atoms with Crippen molar-refractivity contribution in [1.29, 1.82) is 0 Å². The molecule has 0 bridgehead atoms. The van der Waals surface area contributed by atoms with Gasteiger partial charge in [-0.05, 0) is 12.1 Å². The fourth-order valence-electron chi connectivity index (χ4n) is 1.18. The average molecular weight is 270 g/mol. The summed E-state index contributed by atoms with van der Waals surface area (Å²) in [7, 11) is 0. The molecule has 7 heteroatoms. The Morgan fingerprint density at radius 1 is 1.41 bits per heavy atom. The number of anilines is 1. The molecule has 0 spiro atoms. The summed E-state index contributed by atoms with van der Waals surface area (Å²) in [6.45, 7) is 1.42. The summed E-state index contributed by atoms with van der Waals surface area (Å²) in [5.41, 5.74) is 0.559. The second-order valence-electron chi connectivity index (χ2n) is 3.14. The normalized spacial score (nSPS) is 10.0. The van der Waals surface area contributed by atoms with Crippen LogP contribution in [0.4, 0.5) is 5.69 Å². The zero-order valence-corrected chi connectivity index (χ0v) is 10.4. The number of aromatic nitrogens is 2. The van der Waals surface area contributed by atoms with E-state index in [4.69, 9.17) is 16.3 Å². The molecule has 0 aliphatic rings. The van der Waals surface area contributed by atoms with E-state index >= 15 is 0 Å². The van der Waals surface area contributed by atoms with Crippen LogP contribution in [-0.2, 0) is 4.79 Å². The molecule has 0 saturated heterocycles. The molecule has 2 aromatic rings. The van der Waals surface area contributed by atoms with Gasteiger partial charge >= 0.3 is 0 Å². The topological polar surface area (TPSA) is 64.1 Å². The summed E-state index contributed by atoms with van der Waals surface area (Å²) in [5, 5.41) is 2.85. The van der Waals surface area contributed by atoms with Crippen molar-refractivity contribution in [1.82, 2.24) is 8.75 Å². The summed E-state index contributed by atoms with van der Waals surface area (Å²) >= 11 is 6.73. The molecule has 0 saturated carbocycles. The first-order valence-corrected chi connectivity index (χ1v) is 5.80. The highest BCUT2D eigenvalue weighted by atomic mass is 35.5. The number of carbonyl (C=O) groups is 1. The van der Waals surface area contributed by atoms with Crippen LogP contribution in [0.25, 0.3) is 0 Å². The smallest absolute Gasteiger partial charge is 0.270 e. The van der Waals surface area contributed by atoms with Crippen LogP contribution in [0.3, 0.4) is 0 Å². The zero-order chi connectivity index (χ0) is 12.3. The Morgan fingerprint density at radius 3 is 2.82 bits per heavy atom. The van der Waals surface area contributed by atoms with Crippen molar-refractivity contribution in [3.05, 3.63) is 29.4 Å². The number of nitrogens with zero attached hydrogens (tertiary/aromatic N) is 2. The summed E-state index contributed by atoms with van der Waals surface area (Å²) in [5.74, 6) is 0.523. The van der Waals surface area contributed by atoms with Gasteiger partial charge in [-0.2, -0.15) is 4.37 Å². The number of ether oxygens (including phenoxy) is 1. The highest BCUT2D eigenvalue weighted by molar-refractivity contribution is 6.99. The van der Waals surface area contributed by atoms with Crippen LogP contribution < -0.4 is 10.1 Å². The Bertz CT molecular complexity index is 544. The largest absolute Gasteiger partial charge is 0.433 e. The number of hydrogen-bond acceptors (Lipinski definition) is 5. The van der Waals surface area contributed by atoms with Gasteiger partial charge in [0, 0.05) is 6.92 Å². The van der Waals surface area contributed by atoms with Gasteiger partial charge in [0.1, 0.15) is 0 Å². The number of carbonyl (C=O) groups excluding carboxylic acids is 1. The molecule has 0 aliphatic carbocycles. The minimum Gasteiger partial charge on any atom is -0.433 e. The fourth-order valence-corrected chi connectivity index (χ4v) is 1.80. The molecule has 0 atom stereocenters. The summed E-state index contributed by atoms with van der Waals surface area (Å²) < 4.78 is 13.2. The molecule has 0 aliphatic heterocycles. The van der Waals surface area contributed by atoms with Gasteiger partial charge in [-0.15, -0.1) is 4.37 Å². The molecule has 1 heterocycles. The van der Waals surface area contributed by atoms with Crippen molar-refractivity contribution in [2.24, 2.45) is 0 Å². The van der Waals surface area contributed by atoms with E-state index in [2.05, 4.69) is 14.1 Å². The van der Waals surface area contributed by atoms with E-state index in [-0.39, 0.29) is 16.9 Å². The van der Waals surface area contributed by atoms with Crippen LogP contribution >= 0.6 is 23.3 Å². The SMILES string of the molecule is CC(=O)Nc1ccccc1Oc1nsnc1Cl. The van der Waals surface area contributed by atoms with Crippen molar-refractivity contribution in [3.63, 3.8) is 0 Å². The second kappa shape index (κ2) is 5.11. The highest BCUT2D eigenvalue weighted by Gasteiger charge is 2.11. The van der Waals surface area contributed by atoms with Crippen molar-refractivity contribution in [2.45, 2.75) is 6.92 Å². The minimum atomic E-state index is -0.177. The van der Waals surface area contributed by atoms with Gasteiger partial charge in [0.05, 0.1) is 17.4 Å². The molecule has 1 amide bonds. The molecule has 17 heavy (non-hydrogen) atoms. The highest BCUT2D eigenvalue weighted by Crippen LogP contribution is 2.31. The van der Waals surface area contributed by atoms with Crippen molar-refractivity contribution < 1.29 is 9.53 Å². The Labute approximate surface area is 107 Å². The lowest BCUT2D eigenvalue weighted by molar-refractivity contribution is -0.114. The summed E-state index contributed by atoms with van der Waals surface area (Å²) in [6.07, 6.45) is 0. The quantitative estimate of drug-likeness (QED) is 0.930. The molecule has 88 valence electrons. The van der Waals surface area contributed by atoms with Crippen molar-refractivity contribution in [3.8, 4) is 11.6 Å². The van der Waals surface area contributed by atoms with Gasteiger partial charge in [-0.3, -0.25) is 4.79 Å².